The number of ether oxygens (including phenoxy) is 1. The molecule has 2 atom stereocenters. The molecule has 1 aliphatic rings. The van der Waals surface area contributed by atoms with Crippen molar-refractivity contribution in [2.75, 3.05) is 17.1 Å². The van der Waals surface area contributed by atoms with Crippen LogP contribution in [-0.4, -0.2) is 60.2 Å². The number of anilines is 1. The minimum absolute atomic E-state index is 0.0845. The molecule has 0 bridgehead atoms. The molecule has 0 fully saturated rings. The van der Waals surface area contributed by atoms with Crippen molar-refractivity contribution in [1.29, 1.82) is 0 Å². The van der Waals surface area contributed by atoms with Crippen molar-refractivity contribution in [1.82, 2.24) is 4.98 Å². The Morgan fingerprint density at radius 2 is 1.85 bits per heavy atom. The lowest BCUT2D eigenvalue weighted by Gasteiger charge is -2.32. The third-order valence-electron chi connectivity index (χ3n) is 6.27. The number of pyridine rings is 1. The highest BCUT2D eigenvalue weighted by Crippen LogP contribution is 2.41. The fourth-order valence-corrected chi connectivity index (χ4v) is 5.62. The third kappa shape index (κ3) is 8.09. The maximum atomic E-state index is 13.8. The van der Waals surface area contributed by atoms with Gasteiger partial charge in [-0.3, -0.25) is 9.10 Å². The second-order valence-corrected chi connectivity index (χ2v) is 13.2. The number of carbonyl (C=O) groups excluding carboxylic acids is 1. The number of sulfonamides is 1. The van der Waals surface area contributed by atoms with Crippen LogP contribution in [-0.2, 0) is 26.0 Å². The van der Waals surface area contributed by atoms with E-state index in [4.69, 9.17) is 9.72 Å². The Morgan fingerprint density at radius 3 is 2.41 bits per heavy atom. The van der Waals surface area contributed by atoms with Gasteiger partial charge in [-0.15, -0.1) is 0 Å². The van der Waals surface area contributed by atoms with Gasteiger partial charge in [0.1, 0.15) is 17.2 Å². The van der Waals surface area contributed by atoms with Crippen molar-refractivity contribution in [2.24, 2.45) is 0 Å². The van der Waals surface area contributed by atoms with Gasteiger partial charge in [0.15, 0.2) is 0 Å². The fourth-order valence-electron chi connectivity index (χ4n) is 4.69. The Balaban J connectivity index is 2.05. The molecule has 2 heterocycles. The van der Waals surface area contributed by atoms with E-state index in [1.165, 1.54) is 22.5 Å². The molecule has 8 nitrogen and oxygen atoms in total. The average molecular weight is 563 g/mol. The molecule has 2 aromatic rings. The zero-order chi connectivity index (χ0) is 29.1. The molecule has 1 aromatic carbocycles. The van der Waals surface area contributed by atoms with Crippen LogP contribution in [0.4, 0.5) is 10.2 Å². The number of aliphatic hydroxyl groups is 2. The molecule has 0 radical (unpaired) electrons. The van der Waals surface area contributed by atoms with Crippen LogP contribution in [0.25, 0.3) is 17.2 Å². The SMILES string of the molecule is CC(C)c1nc2c(c(-c3ccc(F)cc3)c1C=C[C@@H](O)C[C@@H](O)CC(=O)OC(C)(C)C)CCCN2S(C)(=O)=O. The number of aromatic nitrogens is 1. The molecule has 39 heavy (non-hydrogen) atoms. The molecule has 3 rings (SSSR count). The lowest BCUT2D eigenvalue weighted by Crippen LogP contribution is -2.36. The van der Waals surface area contributed by atoms with E-state index >= 15 is 0 Å². The van der Waals surface area contributed by atoms with Crippen LogP contribution in [0.15, 0.2) is 30.3 Å². The summed E-state index contributed by atoms with van der Waals surface area (Å²) in [5.41, 5.74) is 2.81. The van der Waals surface area contributed by atoms with Crippen molar-refractivity contribution in [3.63, 3.8) is 0 Å². The van der Waals surface area contributed by atoms with E-state index in [2.05, 4.69) is 0 Å². The lowest BCUT2D eigenvalue weighted by molar-refractivity contribution is -0.157. The number of benzene rings is 1. The van der Waals surface area contributed by atoms with Crippen LogP contribution < -0.4 is 4.31 Å². The molecule has 10 heteroatoms. The highest BCUT2D eigenvalue weighted by molar-refractivity contribution is 7.92. The van der Waals surface area contributed by atoms with E-state index in [1.807, 2.05) is 13.8 Å². The smallest absolute Gasteiger partial charge is 0.308 e. The number of carbonyl (C=O) groups is 1. The van der Waals surface area contributed by atoms with Gasteiger partial charge < -0.3 is 14.9 Å². The average Bonchev–Trinajstić information content (AvgIpc) is 2.80. The summed E-state index contributed by atoms with van der Waals surface area (Å²) in [7, 11) is -3.57. The second-order valence-electron chi connectivity index (χ2n) is 11.3. The highest BCUT2D eigenvalue weighted by atomic mass is 32.2. The van der Waals surface area contributed by atoms with Crippen LogP contribution in [0, 0.1) is 5.82 Å². The Hall–Kier alpha value is -2.82. The van der Waals surface area contributed by atoms with E-state index < -0.39 is 39.6 Å². The summed E-state index contributed by atoms with van der Waals surface area (Å²) in [6.07, 6.45) is 3.06. The molecular weight excluding hydrogens is 523 g/mol. The Labute approximate surface area is 230 Å². The molecule has 1 aromatic heterocycles. The molecule has 0 spiro atoms. The summed E-state index contributed by atoms with van der Waals surface area (Å²) >= 11 is 0. The zero-order valence-corrected chi connectivity index (χ0v) is 24.3. The maximum absolute atomic E-state index is 13.8. The largest absolute Gasteiger partial charge is 0.460 e. The topological polar surface area (TPSA) is 117 Å². The van der Waals surface area contributed by atoms with Gasteiger partial charge in [0, 0.05) is 24.1 Å². The number of esters is 1. The molecule has 2 N–H and O–H groups in total. The number of aliphatic hydroxyl groups excluding tert-OH is 2. The minimum Gasteiger partial charge on any atom is -0.460 e. The summed E-state index contributed by atoms with van der Waals surface area (Å²) in [4.78, 5) is 16.9. The summed E-state index contributed by atoms with van der Waals surface area (Å²) < 4.78 is 45.6. The van der Waals surface area contributed by atoms with Crippen molar-refractivity contribution >= 4 is 27.9 Å². The summed E-state index contributed by atoms with van der Waals surface area (Å²) in [6, 6.07) is 5.99. The van der Waals surface area contributed by atoms with Crippen molar-refractivity contribution in [3.05, 3.63) is 53.0 Å². The zero-order valence-electron chi connectivity index (χ0n) is 23.4. The first-order chi connectivity index (χ1) is 18.1. The molecule has 0 saturated heterocycles. The second kappa shape index (κ2) is 12.1. The first kappa shape index (κ1) is 30.7. The van der Waals surface area contributed by atoms with E-state index in [0.29, 0.717) is 42.0 Å². The molecule has 0 aliphatic carbocycles. The quantitative estimate of drug-likeness (QED) is 0.430. The Kier molecular flexibility index (Phi) is 9.56. The van der Waals surface area contributed by atoms with Gasteiger partial charge in [-0.1, -0.05) is 38.1 Å². The Morgan fingerprint density at radius 1 is 1.21 bits per heavy atom. The monoisotopic (exact) mass is 562 g/mol. The fraction of sp³-hybridized carbons (Fsp3) is 0.517. The van der Waals surface area contributed by atoms with E-state index in [0.717, 1.165) is 17.4 Å². The number of hydrogen-bond donors (Lipinski definition) is 2. The van der Waals surface area contributed by atoms with Crippen LogP contribution >= 0.6 is 0 Å². The van der Waals surface area contributed by atoms with Gasteiger partial charge in [-0.2, -0.15) is 0 Å². The van der Waals surface area contributed by atoms with Gasteiger partial charge in [-0.25, -0.2) is 17.8 Å². The van der Waals surface area contributed by atoms with Gasteiger partial charge in [0.05, 0.1) is 30.6 Å². The van der Waals surface area contributed by atoms with Crippen LogP contribution in [0.3, 0.4) is 0 Å². The molecule has 0 unspecified atom stereocenters. The minimum atomic E-state index is -3.57. The molecule has 0 saturated carbocycles. The van der Waals surface area contributed by atoms with Gasteiger partial charge in [-0.05, 0) is 62.8 Å². The van der Waals surface area contributed by atoms with Gasteiger partial charge in [0.2, 0.25) is 10.0 Å². The van der Waals surface area contributed by atoms with E-state index in [9.17, 15) is 27.8 Å². The number of nitrogens with zero attached hydrogens (tertiary/aromatic N) is 2. The van der Waals surface area contributed by atoms with Crippen LogP contribution in [0.5, 0.6) is 0 Å². The first-order valence-electron chi connectivity index (χ1n) is 13.1. The summed E-state index contributed by atoms with van der Waals surface area (Å²) in [6.45, 7) is 9.41. The van der Waals surface area contributed by atoms with Crippen molar-refractivity contribution < 1.29 is 32.6 Å². The van der Waals surface area contributed by atoms with Crippen molar-refractivity contribution in [3.8, 4) is 11.1 Å². The number of rotatable bonds is 9. The highest BCUT2D eigenvalue weighted by Gasteiger charge is 2.31. The van der Waals surface area contributed by atoms with Crippen molar-refractivity contribution in [2.45, 2.75) is 84.0 Å². The number of halogens is 1. The predicted octanol–water partition coefficient (Wildman–Crippen LogP) is 4.58. The predicted molar refractivity (Wildman–Crippen MR) is 150 cm³/mol. The summed E-state index contributed by atoms with van der Waals surface area (Å²) in [5.74, 6) is -0.680. The summed E-state index contributed by atoms with van der Waals surface area (Å²) in [5, 5.41) is 21.0. The maximum Gasteiger partial charge on any atom is 0.308 e. The standard InChI is InChI=1S/C29H39FN2O6S/c1-18(2)27-23(14-13-21(33)16-22(34)17-25(35)38-29(3,4)5)26(19-9-11-20(30)12-10-19)24-8-7-15-32(28(24)31-27)39(6,36)37/h9-14,18,21-22,33-34H,7-8,15-17H2,1-6H3/t21-,22-/m1/s1. The first-order valence-corrected chi connectivity index (χ1v) is 15.0. The molecule has 1 aliphatic heterocycles. The number of hydrogen-bond acceptors (Lipinski definition) is 7. The lowest BCUT2D eigenvalue weighted by atomic mass is 9.87. The van der Waals surface area contributed by atoms with E-state index in [-0.39, 0.29) is 18.8 Å². The molecule has 214 valence electrons. The Bertz CT molecular complexity index is 1320. The van der Waals surface area contributed by atoms with E-state index in [1.54, 1.807) is 39.0 Å². The molecular formula is C29H39FN2O6S. The van der Waals surface area contributed by atoms with Crippen LogP contribution in [0.1, 0.15) is 76.6 Å². The molecule has 0 amide bonds. The van der Waals surface area contributed by atoms with Crippen LogP contribution in [0.2, 0.25) is 0 Å². The normalized spacial score (nSPS) is 15.9. The third-order valence-corrected chi connectivity index (χ3v) is 7.42. The van der Waals surface area contributed by atoms with Gasteiger partial charge in [0.25, 0.3) is 0 Å². The van der Waals surface area contributed by atoms with Gasteiger partial charge >= 0.3 is 5.97 Å². The number of fused-ring (bicyclic) bond motifs is 1.